The zero-order chi connectivity index (χ0) is 16.8. The minimum absolute atomic E-state index is 0.355. The molecule has 1 aromatic carbocycles. The maximum atomic E-state index is 12.4. The summed E-state index contributed by atoms with van der Waals surface area (Å²) in [7, 11) is 0. The Morgan fingerprint density at radius 3 is 2.46 bits per heavy atom. The fraction of sp³-hybridized carbons (Fsp3) is 0.650. The van der Waals surface area contributed by atoms with Gasteiger partial charge in [-0.05, 0) is 24.3 Å². The van der Waals surface area contributed by atoms with Gasteiger partial charge in [-0.1, -0.05) is 37.3 Å². The van der Waals surface area contributed by atoms with Crippen LogP contribution in [0.5, 0.6) is 0 Å². The summed E-state index contributed by atoms with van der Waals surface area (Å²) in [5.74, 6) is 1.03. The third-order valence-electron chi connectivity index (χ3n) is 5.37. The average molecular weight is 329 g/mol. The number of hydrogen-bond donors (Lipinski definition) is 0. The summed E-state index contributed by atoms with van der Waals surface area (Å²) >= 11 is 0. The van der Waals surface area contributed by atoms with Crippen molar-refractivity contribution in [2.24, 2.45) is 5.92 Å². The number of amides is 1. The van der Waals surface area contributed by atoms with Gasteiger partial charge in [-0.3, -0.25) is 9.69 Å². The van der Waals surface area contributed by atoms with Crippen LogP contribution in [0.25, 0.3) is 0 Å². The van der Waals surface area contributed by atoms with E-state index in [0.717, 1.165) is 52.4 Å². The van der Waals surface area contributed by atoms with Crippen molar-refractivity contribution in [2.45, 2.75) is 32.7 Å². The lowest BCUT2D eigenvalue weighted by molar-refractivity contribution is -0.133. The van der Waals surface area contributed by atoms with E-state index in [9.17, 15) is 4.79 Å². The molecule has 2 heterocycles. The highest BCUT2D eigenvalue weighted by molar-refractivity contribution is 5.76. The second-order valence-corrected chi connectivity index (χ2v) is 7.44. The van der Waals surface area contributed by atoms with Crippen LogP contribution in [0.3, 0.4) is 0 Å². The zero-order valence-corrected chi connectivity index (χ0v) is 15.0. The molecule has 1 amide bonds. The molecule has 4 nitrogen and oxygen atoms in total. The SMILES string of the molecule is CC1CCCN(C(=O)CCN2CCN(Cc3ccccc3)CC2)C1. The van der Waals surface area contributed by atoms with E-state index in [1.807, 2.05) is 0 Å². The molecule has 0 spiro atoms. The number of piperazine rings is 1. The summed E-state index contributed by atoms with van der Waals surface area (Å²) in [5.41, 5.74) is 1.39. The van der Waals surface area contributed by atoms with Gasteiger partial charge in [0.1, 0.15) is 0 Å². The van der Waals surface area contributed by atoms with Crippen molar-refractivity contribution >= 4 is 5.91 Å². The molecule has 0 bridgehead atoms. The Balaban J connectivity index is 1.35. The standard InChI is InChI=1S/C20H31N3O/c1-18-6-5-10-23(16-18)20(24)9-11-21-12-14-22(15-13-21)17-19-7-3-2-4-8-19/h2-4,7-8,18H,5-6,9-17H2,1H3. The molecule has 0 N–H and O–H groups in total. The van der Waals surface area contributed by atoms with Crippen LogP contribution in [-0.4, -0.2) is 66.4 Å². The molecule has 0 radical (unpaired) electrons. The van der Waals surface area contributed by atoms with Gasteiger partial charge in [-0.2, -0.15) is 0 Å². The first-order chi connectivity index (χ1) is 11.7. The Morgan fingerprint density at radius 1 is 1.04 bits per heavy atom. The highest BCUT2D eigenvalue weighted by atomic mass is 16.2. The smallest absolute Gasteiger partial charge is 0.223 e. The molecule has 2 aliphatic heterocycles. The fourth-order valence-corrected chi connectivity index (χ4v) is 3.84. The number of rotatable bonds is 5. The van der Waals surface area contributed by atoms with Crippen LogP contribution < -0.4 is 0 Å². The summed E-state index contributed by atoms with van der Waals surface area (Å²) in [6.45, 7) is 10.5. The summed E-state index contributed by atoms with van der Waals surface area (Å²) < 4.78 is 0. The molecule has 0 aromatic heterocycles. The fourth-order valence-electron chi connectivity index (χ4n) is 3.84. The van der Waals surface area contributed by atoms with Crippen LogP contribution in [0.15, 0.2) is 30.3 Å². The predicted molar refractivity (Wildman–Crippen MR) is 97.8 cm³/mol. The topological polar surface area (TPSA) is 26.8 Å². The molecule has 4 heteroatoms. The van der Waals surface area contributed by atoms with Gasteiger partial charge in [0.2, 0.25) is 5.91 Å². The molecule has 2 fully saturated rings. The van der Waals surface area contributed by atoms with Gasteiger partial charge in [-0.25, -0.2) is 0 Å². The van der Waals surface area contributed by atoms with Gasteiger partial charge in [0.15, 0.2) is 0 Å². The molecular formula is C20H31N3O. The highest BCUT2D eigenvalue weighted by Gasteiger charge is 2.22. The van der Waals surface area contributed by atoms with Crippen LogP contribution >= 0.6 is 0 Å². The van der Waals surface area contributed by atoms with E-state index < -0.39 is 0 Å². The monoisotopic (exact) mass is 329 g/mol. The maximum Gasteiger partial charge on any atom is 0.223 e. The van der Waals surface area contributed by atoms with Gasteiger partial charge < -0.3 is 9.80 Å². The molecule has 2 saturated heterocycles. The van der Waals surface area contributed by atoms with Crippen molar-refractivity contribution in [3.8, 4) is 0 Å². The van der Waals surface area contributed by atoms with Crippen LogP contribution in [0.1, 0.15) is 31.7 Å². The minimum Gasteiger partial charge on any atom is -0.342 e. The van der Waals surface area contributed by atoms with Gasteiger partial charge in [0.25, 0.3) is 0 Å². The summed E-state index contributed by atoms with van der Waals surface area (Å²) in [5, 5.41) is 0. The van der Waals surface area contributed by atoms with Crippen molar-refractivity contribution < 1.29 is 4.79 Å². The van der Waals surface area contributed by atoms with Crippen LogP contribution in [0, 0.1) is 5.92 Å². The predicted octanol–water partition coefficient (Wildman–Crippen LogP) is 2.45. The van der Waals surface area contributed by atoms with E-state index >= 15 is 0 Å². The number of benzene rings is 1. The van der Waals surface area contributed by atoms with Crippen molar-refractivity contribution in [1.29, 1.82) is 0 Å². The molecule has 2 aliphatic rings. The molecule has 132 valence electrons. The quantitative estimate of drug-likeness (QED) is 0.830. The van der Waals surface area contributed by atoms with Crippen LogP contribution in [-0.2, 0) is 11.3 Å². The van der Waals surface area contributed by atoms with Crippen molar-refractivity contribution in [3.63, 3.8) is 0 Å². The lowest BCUT2D eigenvalue weighted by atomic mass is 10.00. The Labute approximate surface area is 146 Å². The third-order valence-corrected chi connectivity index (χ3v) is 5.37. The molecule has 1 aromatic rings. The Bertz CT molecular complexity index is 511. The van der Waals surface area contributed by atoms with Gasteiger partial charge in [0, 0.05) is 58.8 Å². The van der Waals surface area contributed by atoms with Gasteiger partial charge in [-0.15, -0.1) is 0 Å². The highest BCUT2D eigenvalue weighted by Crippen LogP contribution is 2.16. The Hall–Kier alpha value is -1.39. The molecule has 0 aliphatic carbocycles. The lowest BCUT2D eigenvalue weighted by Gasteiger charge is -2.35. The second kappa shape index (κ2) is 8.63. The number of nitrogens with zero attached hydrogens (tertiary/aromatic N) is 3. The van der Waals surface area contributed by atoms with E-state index in [2.05, 4.69) is 52.0 Å². The van der Waals surface area contributed by atoms with Crippen LogP contribution in [0.2, 0.25) is 0 Å². The van der Waals surface area contributed by atoms with Gasteiger partial charge >= 0.3 is 0 Å². The van der Waals surface area contributed by atoms with Crippen molar-refractivity contribution in [3.05, 3.63) is 35.9 Å². The summed E-state index contributed by atoms with van der Waals surface area (Å²) in [6, 6.07) is 10.7. The number of piperidine rings is 1. The summed E-state index contributed by atoms with van der Waals surface area (Å²) in [6.07, 6.45) is 3.13. The largest absolute Gasteiger partial charge is 0.342 e. The summed E-state index contributed by atoms with van der Waals surface area (Å²) in [4.78, 5) is 19.4. The first-order valence-electron chi connectivity index (χ1n) is 9.47. The minimum atomic E-state index is 0.355. The molecular weight excluding hydrogens is 298 g/mol. The molecule has 0 saturated carbocycles. The maximum absolute atomic E-state index is 12.4. The molecule has 1 unspecified atom stereocenters. The molecule has 1 atom stereocenters. The third kappa shape index (κ3) is 5.05. The van der Waals surface area contributed by atoms with E-state index in [0.29, 0.717) is 18.2 Å². The number of hydrogen-bond acceptors (Lipinski definition) is 3. The molecule has 3 rings (SSSR count). The number of likely N-dealkylation sites (tertiary alicyclic amines) is 1. The number of carbonyl (C=O) groups is 1. The van der Waals surface area contributed by atoms with Crippen molar-refractivity contribution in [2.75, 3.05) is 45.8 Å². The van der Waals surface area contributed by atoms with Gasteiger partial charge in [0.05, 0.1) is 0 Å². The lowest BCUT2D eigenvalue weighted by Crippen LogP contribution is -2.47. The Morgan fingerprint density at radius 2 is 1.75 bits per heavy atom. The van der Waals surface area contributed by atoms with E-state index in [-0.39, 0.29) is 0 Å². The zero-order valence-electron chi connectivity index (χ0n) is 15.0. The first kappa shape index (κ1) is 17.4. The van der Waals surface area contributed by atoms with Crippen molar-refractivity contribution in [1.82, 2.24) is 14.7 Å². The van der Waals surface area contributed by atoms with E-state index in [1.165, 1.54) is 18.4 Å². The first-order valence-corrected chi connectivity index (χ1v) is 9.47. The normalized spacial score (nSPS) is 23.4. The average Bonchev–Trinajstić information content (AvgIpc) is 2.62. The number of carbonyl (C=O) groups excluding carboxylic acids is 1. The molecule has 24 heavy (non-hydrogen) atoms. The second-order valence-electron chi connectivity index (χ2n) is 7.44. The van der Waals surface area contributed by atoms with E-state index in [4.69, 9.17) is 0 Å². The van der Waals surface area contributed by atoms with E-state index in [1.54, 1.807) is 0 Å². The van der Waals surface area contributed by atoms with Crippen LogP contribution in [0.4, 0.5) is 0 Å². The Kier molecular flexibility index (Phi) is 6.27.